The van der Waals surface area contributed by atoms with Gasteiger partial charge in [-0.15, -0.1) is 0 Å². The smallest absolute Gasteiger partial charge is 0.355 e. The molecule has 0 saturated heterocycles. The van der Waals surface area contributed by atoms with E-state index in [2.05, 4.69) is 84.7 Å². The third kappa shape index (κ3) is 4.50. The van der Waals surface area contributed by atoms with Gasteiger partial charge in [0.25, 0.3) is 0 Å². The first-order chi connectivity index (χ1) is 15.7. The molecule has 4 aromatic rings. The van der Waals surface area contributed by atoms with Gasteiger partial charge in [-0.25, -0.2) is 0 Å². The molecule has 0 aliphatic carbocycles. The molecule has 3 aromatic carbocycles. The van der Waals surface area contributed by atoms with E-state index >= 15 is 0 Å². The van der Waals surface area contributed by atoms with Gasteiger partial charge in [-0.05, 0) is 70.8 Å². The van der Waals surface area contributed by atoms with Crippen LogP contribution in [0.2, 0.25) is 0 Å². The molecule has 5 rings (SSSR count). The van der Waals surface area contributed by atoms with Crippen molar-refractivity contribution in [2.45, 2.75) is 13.3 Å². The Morgan fingerprint density at radius 3 is 2.21 bits per heavy atom. The first-order valence-corrected chi connectivity index (χ1v) is 10.9. The summed E-state index contributed by atoms with van der Waals surface area (Å²) in [6.45, 7) is 2.68. The molecule has 3 N–H and O–H groups in total. The number of benzene rings is 3. The zero-order valence-electron chi connectivity index (χ0n) is 19.0. The van der Waals surface area contributed by atoms with Crippen molar-refractivity contribution in [3.8, 4) is 0 Å². The van der Waals surface area contributed by atoms with E-state index in [4.69, 9.17) is 13.7 Å². The highest BCUT2D eigenvalue weighted by Gasteiger charge is 2.20. The second-order valence-electron chi connectivity index (χ2n) is 8.17. The molecule has 170 valence electrons. The van der Waals surface area contributed by atoms with Gasteiger partial charge in [-0.2, -0.15) is 0 Å². The zero-order valence-corrected chi connectivity index (χ0v) is 19.0. The summed E-state index contributed by atoms with van der Waals surface area (Å²) in [5, 5.41) is 5.00. The lowest BCUT2D eigenvalue weighted by Gasteiger charge is -2.08. The van der Waals surface area contributed by atoms with E-state index in [9.17, 15) is 0 Å². The van der Waals surface area contributed by atoms with Gasteiger partial charge < -0.3 is 10.7 Å². The van der Waals surface area contributed by atoms with Gasteiger partial charge in [-0.3, -0.25) is 13.9 Å². The molecule has 1 aliphatic heterocycles. The van der Waals surface area contributed by atoms with Crippen molar-refractivity contribution in [2.75, 3.05) is 6.54 Å². The predicted octanol–water partition coefficient (Wildman–Crippen LogP) is 5.90. The number of fused-ring (bicyclic) bond motifs is 2. The Kier molecular flexibility index (Phi) is 7.64. The largest absolute Gasteiger partial charge is 0.586 e. The minimum atomic E-state index is 0. The fourth-order valence-electron chi connectivity index (χ4n) is 4.56. The molecule has 0 saturated carbocycles. The maximum atomic E-state index is 6.13. The SMILES string of the molecule is F.F.[B][N+]1=CC=CC1=C(CCN)c1[nH]c(/C=C/c2c3ccccc3cc3ccccc23)cc1C. The van der Waals surface area contributed by atoms with Gasteiger partial charge in [0.05, 0.1) is 5.69 Å². The summed E-state index contributed by atoms with van der Waals surface area (Å²) in [7, 11) is 6.13. The number of aryl methyl sites for hydroxylation is 1. The van der Waals surface area contributed by atoms with Crippen LogP contribution in [0.3, 0.4) is 0 Å². The third-order valence-corrected chi connectivity index (χ3v) is 6.06. The van der Waals surface area contributed by atoms with Gasteiger partial charge in [-0.1, -0.05) is 54.6 Å². The highest BCUT2D eigenvalue weighted by atomic mass is 19.0. The van der Waals surface area contributed by atoms with Crippen molar-refractivity contribution in [1.82, 2.24) is 4.98 Å². The minimum absolute atomic E-state index is 0. The molecule has 0 unspecified atom stereocenters. The topological polar surface area (TPSA) is 44.8 Å². The summed E-state index contributed by atoms with van der Waals surface area (Å²) in [5.41, 5.74) is 12.6. The molecule has 0 amide bonds. The summed E-state index contributed by atoms with van der Waals surface area (Å²) in [5.74, 6) is 0. The van der Waals surface area contributed by atoms with Crippen LogP contribution >= 0.6 is 0 Å². The maximum absolute atomic E-state index is 6.13. The van der Waals surface area contributed by atoms with E-state index in [0.717, 1.165) is 29.1 Å². The molecule has 0 fully saturated rings. The van der Waals surface area contributed by atoms with Crippen LogP contribution < -0.4 is 5.73 Å². The molecule has 1 aromatic heterocycles. The number of halogens is 2. The van der Waals surface area contributed by atoms with Crippen molar-refractivity contribution in [3.63, 3.8) is 0 Å². The van der Waals surface area contributed by atoms with Crippen molar-refractivity contribution in [3.05, 3.63) is 101 Å². The Labute approximate surface area is 199 Å². The van der Waals surface area contributed by atoms with E-state index in [0.29, 0.717) is 6.54 Å². The number of allylic oxidation sites excluding steroid dienone is 2. The summed E-state index contributed by atoms with van der Waals surface area (Å²) >= 11 is 0. The molecule has 3 nitrogen and oxygen atoms in total. The summed E-state index contributed by atoms with van der Waals surface area (Å²) in [6, 6.07) is 21.5. The van der Waals surface area contributed by atoms with Crippen LogP contribution in [0.25, 0.3) is 39.3 Å². The second kappa shape index (κ2) is 10.4. The Hall–Kier alpha value is -3.77. The third-order valence-electron chi connectivity index (χ3n) is 6.06. The van der Waals surface area contributed by atoms with Crippen LogP contribution in [0.5, 0.6) is 0 Å². The van der Waals surface area contributed by atoms with Gasteiger partial charge in [0.15, 0.2) is 5.70 Å². The molecule has 0 bridgehead atoms. The van der Waals surface area contributed by atoms with E-state index < -0.39 is 0 Å². The van der Waals surface area contributed by atoms with Crippen LogP contribution in [-0.4, -0.2) is 30.2 Å². The Morgan fingerprint density at radius 1 is 0.971 bits per heavy atom. The van der Waals surface area contributed by atoms with Gasteiger partial charge in [0, 0.05) is 23.4 Å². The van der Waals surface area contributed by atoms with Crippen LogP contribution in [-0.2, 0) is 0 Å². The maximum Gasteiger partial charge on any atom is 0.586 e. The molecule has 2 radical (unpaired) electrons. The van der Waals surface area contributed by atoms with Crippen LogP contribution in [0.4, 0.5) is 9.41 Å². The predicted molar refractivity (Wildman–Crippen MR) is 143 cm³/mol. The van der Waals surface area contributed by atoms with Crippen LogP contribution in [0.15, 0.2) is 78.5 Å². The summed E-state index contributed by atoms with van der Waals surface area (Å²) < 4.78 is 1.66. The quantitative estimate of drug-likeness (QED) is 0.286. The monoisotopic (exact) mass is 454 g/mol. The number of H-pyrrole nitrogens is 1. The molecule has 0 atom stereocenters. The highest BCUT2D eigenvalue weighted by Crippen LogP contribution is 2.31. The number of hydrogen-bond acceptors (Lipinski definition) is 1. The number of nitrogens with one attached hydrogen (secondary N) is 1. The van der Waals surface area contributed by atoms with Gasteiger partial charge >= 0.3 is 7.98 Å². The van der Waals surface area contributed by atoms with Crippen molar-refractivity contribution >= 4 is 53.5 Å². The van der Waals surface area contributed by atoms with E-state index in [-0.39, 0.29) is 9.41 Å². The Bertz CT molecular complexity index is 1410. The fourth-order valence-corrected chi connectivity index (χ4v) is 4.56. The lowest BCUT2D eigenvalue weighted by Crippen LogP contribution is -2.09. The number of aromatic nitrogens is 1. The number of rotatable bonds is 5. The summed E-state index contributed by atoms with van der Waals surface area (Å²) in [4.78, 5) is 3.60. The molecular formula is C28H27BF2N3+. The normalized spacial score (nSPS) is 14.4. The Balaban J connectivity index is 0.00000162. The molecule has 2 heterocycles. The molecule has 0 spiro atoms. The molecule has 6 heteroatoms. The zero-order chi connectivity index (χ0) is 22.1. The minimum Gasteiger partial charge on any atom is -0.355 e. The second-order valence-corrected chi connectivity index (χ2v) is 8.17. The molecule has 1 aliphatic rings. The van der Waals surface area contributed by atoms with Gasteiger partial charge in [0.2, 0.25) is 0 Å². The highest BCUT2D eigenvalue weighted by molar-refractivity contribution is 6.08. The first kappa shape index (κ1) is 24.9. The van der Waals surface area contributed by atoms with E-state index in [1.165, 1.54) is 32.7 Å². The fraction of sp³-hybridized carbons (Fsp3) is 0.107. The van der Waals surface area contributed by atoms with Crippen molar-refractivity contribution in [2.24, 2.45) is 5.73 Å². The van der Waals surface area contributed by atoms with Crippen LogP contribution in [0.1, 0.15) is 28.9 Å². The number of nitrogens with two attached hydrogens (primary N) is 1. The lowest BCUT2D eigenvalue weighted by molar-refractivity contribution is -0.294. The lowest BCUT2D eigenvalue weighted by atomic mass is 9.96. The standard InChI is InChI=1S/C28H25BN3.2FH/c1-19-17-22(31-28(19)26(14-15-30)27-11-6-16-32(27)29)12-13-25-23-9-4-2-7-20(23)18-21-8-3-5-10-24(21)25;;/h2-13,16-18,31H,14-15,30H2,1H3;2*1H/q+1;;/b13-12+;;. The van der Waals surface area contributed by atoms with Crippen molar-refractivity contribution in [1.29, 1.82) is 0 Å². The Morgan fingerprint density at radius 2 is 1.62 bits per heavy atom. The van der Waals surface area contributed by atoms with E-state index in [1.54, 1.807) is 4.49 Å². The average Bonchev–Trinajstić information content (AvgIpc) is 3.40. The van der Waals surface area contributed by atoms with Crippen LogP contribution in [0, 0.1) is 6.92 Å². The first-order valence-electron chi connectivity index (χ1n) is 10.9. The van der Waals surface area contributed by atoms with E-state index in [1.807, 2.05) is 18.4 Å². The average molecular weight is 454 g/mol. The van der Waals surface area contributed by atoms with Crippen molar-refractivity contribution < 1.29 is 13.9 Å². The molecular weight excluding hydrogens is 427 g/mol. The molecule has 34 heavy (non-hydrogen) atoms. The number of hydrogen-bond donors (Lipinski definition) is 2. The summed E-state index contributed by atoms with van der Waals surface area (Å²) in [6.07, 6.45) is 11.0. The number of aromatic amines is 1. The number of nitrogens with zero attached hydrogens (tertiary/aromatic N) is 1. The van der Waals surface area contributed by atoms with Gasteiger partial charge in [0.1, 0.15) is 6.21 Å².